The van der Waals surface area contributed by atoms with Crippen molar-refractivity contribution in [1.29, 1.82) is 0 Å². The Hall–Kier alpha value is -1.52. The van der Waals surface area contributed by atoms with Crippen molar-refractivity contribution < 1.29 is 28.5 Å². The van der Waals surface area contributed by atoms with Gasteiger partial charge >= 0.3 is 0 Å². The topological polar surface area (TPSA) is 124 Å². The maximum absolute atomic E-state index is 11.5. The lowest BCUT2D eigenvalue weighted by molar-refractivity contribution is -0.119. The van der Waals surface area contributed by atoms with E-state index in [4.69, 9.17) is 0 Å². The fraction of sp³-hybridized carbons (Fsp3) is 0.625. The maximum Gasteiger partial charge on any atom is 0.233 e. The molecule has 0 spiro atoms. The van der Waals surface area contributed by atoms with Crippen molar-refractivity contribution >= 4 is 37.4 Å². The molecule has 1 saturated carbocycles. The zero-order chi connectivity index (χ0) is 24.0. The normalized spacial score (nSPS) is 24.2. The van der Waals surface area contributed by atoms with E-state index >= 15 is 0 Å². The molecule has 5 atom stereocenters. The summed E-state index contributed by atoms with van der Waals surface area (Å²) in [5, 5.41) is 32.8. The van der Waals surface area contributed by atoms with Gasteiger partial charge < -0.3 is 15.3 Å². The van der Waals surface area contributed by atoms with Crippen LogP contribution in [0, 0.1) is 11.8 Å². The number of sulfonamides is 1. The van der Waals surface area contributed by atoms with E-state index in [9.17, 15) is 28.5 Å². The highest BCUT2D eigenvalue weighted by Gasteiger charge is 2.40. The summed E-state index contributed by atoms with van der Waals surface area (Å²) >= 11 is 1.59. The number of fused-ring (bicyclic) bond motifs is 1. The van der Waals surface area contributed by atoms with Crippen molar-refractivity contribution in [3.8, 4) is 0 Å². The first-order valence-corrected chi connectivity index (χ1v) is 14.4. The molecule has 1 amide bonds. The number of amides is 1. The number of carbonyl (C=O) groups is 1. The molecule has 4 N–H and O–H groups in total. The number of unbranched alkanes of at least 4 members (excludes halogenated alkanes) is 3. The van der Waals surface area contributed by atoms with E-state index < -0.39 is 34.2 Å². The van der Waals surface area contributed by atoms with Crippen LogP contribution < -0.4 is 4.72 Å². The zero-order valence-electron chi connectivity index (χ0n) is 19.0. The number of aliphatic hydroxyl groups excluding tert-OH is 3. The van der Waals surface area contributed by atoms with E-state index in [0.29, 0.717) is 25.7 Å². The van der Waals surface area contributed by atoms with Crippen LogP contribution in [-0.2, 0) is 14.8 Å². The third-order valence-corrected chi connectivity index (χ3v) is 8.37. The van der Waals surface area contributed by atoms with E-state index in [0.717, 1.165) is 46.9 Å². The first-order valence-electron chi connectivity index (χ1n) is 11.7. The Balaban J connectivity index is 1.42. The van der Waals surface area contributed by atoms with Crippen LogP contribution in [0.5, 0.6) is 0 Å². The van der Waals surface area contributed by atoms with Crippen molar-refractivity contribution in [2.24, 2.45) is 11.8 Å². The van der Waals surface area contributed by atoms with Crippen LogP contribution in [0.1, 0.15) is 68.8 Å². The maximum atomic E-state index is 11.5. The molecule has 0 bridgehead atoms. The van der Waals surface area contributed by atoms with Crippen molar-refractivity contribution in [3.05, 3.63) is 35.2 Å². The molecule has 3 rings (SSSR count). The predicted molar refractivity (Wildman–Crippen MR) is 130 cm³/mol. The summed E-state index contributed by atoms with van der Waals surface area (Å²) in [5.74, 6) is -0.517. The minimum Gasteiger partial charge on any atom is -0.393 e. The van der Waals surface area contributed by atoms with Gasteiger partial charge in [0.2, 0.25) is 15.9 Å². The van der Waals surface area contributed by atoms with Crippen molar-refractivity contribution in [1.82, 2.24) is 4.72 Å². The van der Waals surface area contributed by atoms with Crippen LogP contribution in [0.15, 0.2) is 30.3 Å². The summed E-state index contributed by atoms with van der Waals surface area (Å²) in [4.78, 5) is 12.5. The molecule has 1 unspecified atom stereocenters. The second-order valence-electron chi connectivity index (χ2n) is 9.23. The van der Waals surface area contributed by atoms with Gasteiger partial charge in [-0.1, -0.05) is 37.5 Å². The number of hydrogen-bond donors (Lipinski definition) is 4. The highest BCUT2D eigenvalue weighted by atomic mass is 32.2. The summed E-state index contributed by atoms with van der Waals surface area (Å²) in [5.41, 5.74) is 0. The fourth-order valence-electron chi connectivity index (χ4n) is 4.92. The molecule has 1 heterocycles. The third-order valence-electron chi connectivity index (χ3n) is 6.56. The molecule has 2 aromatic rings. The molecule has 7 nitrogen and oxygen atoms in total. The monoisotopic (exact) mass is 497 g/mol. The molecule has 9 heteroatoms. The predicted octanol–water partition coefficient (Wildman–Crippen LogP) is 3.49. The Bertz CT molecular complexity index is 988. The number of nitrogens with one attached hydrogen (secondary N) is 1. The smallest absolute Gasteiger partial charge is 0.233 e. The van der Waals surface area contributed by atoms with Crippen LogP contribution in [0.3, 0.4) is 0 Å². The Morgan fingerprint density at radius 3 is 2.45 bits per heavy atom. The van der Waals surface area contributed by atoms with Crippen LogP contribution >= 0.6 is 11.3 Å². The highest BCUT2D eigenvalue weighted by molar-refractivity contribution is 7.89. The van der Waals surface area contributed by atoms with Gasteiger partial charge in [0, 0.05) is 16.0 Å². The van der Waals surface area contributed by atoms with E-state index in [2.05, 4.69) is 0 Å². The summed E-state index contributed by atoms with van der Waals surface area (Å²) in [6.45, 7) is 0. The lowest BCUT2D eigenvalue weighted by atomic mass is 9.84. The van der Waals surface area contributed by atoms with Gasteiger partial charge in [0.25, 0.3) is 0 Å². The fourth-order valence-corrected chi connectivity index (χ4v) is 6.52. The molecule has 1 aromatic heterocycles. The summed E-state index contributed by atoms with van der Waals surface area (Å²) < 4.78 is 25.2. The minimum atomic E-state index is -3.50. The molecule has 0 saturated heterocycles. The summed E-state index contributed by atoms with van der Waals surface area (Å²) in [7, 11) is -3.50. The average molecular weight is 498 g/mol. The van der Waals surface area contributed by atoms with Gasteiger partial charge in [-0.25, -0.2) is 8.42 Å². The SMILES string of the molecule is CS(=O)(=O)NC(=O)CCCCCC[C@@H]1[C@@H](CCC(O)c2cc3ccccc3s2)[C@H](O)C[C@@H]1O. The molecule has 0 aliphatic heterocycles. The van der Waals surface area contributed by atoms with Crippen molar-refractivity contribution in [3.63, 3.8) is 0 Å². The molecule has 1 aliphatic carbocycles. The van der Waals surface area contributed by atoms with E-state index in [1.165, 1.54) is 0 Å². The second-order valence-corrected chi connectivity index (χ2v) is 12.1. The van der Waals surface area contributed by atoms with Crippen LogP contribution in [0.2, 0.25) is 0 Å². The van der Waals surface area contributed by atoms with Gasteiger partial charge in [-0.15, -0.1) is 11.3 Å². The molecule has 0 radical (unpaired) electrons. The Kier molecular flexibility index (Phi) is 9.29. The Labute approximate surface area is 199 Å². The standard InChI is InChI=1S/C24H35NO6S2/c1-33(30,31)25-24(29)11-5-3-2-4-9-17-18(21(28)15-20(17)27)12-13-19(26)23-14-16-8-6-7-10-22(16)32-23/h6-8,10,14,17-21,26-28H,2-5,9,11-13,15H2,1H3,(H,25,29)/t17-,18-,19?,20+,21-/m1/s1. The molecular formula is C24H35NO6S2. The number of rotatable bonds is 12. The van der Waals surface area contributed by atoms with Gasteiger partial charge in [0.05, 0.1) is 24.6 Å². The molecule has 1 aliphatic rings. The van der Waals surface area contributed by atoms with Gasteiger partial charge in [-0.2, -0.15) is 0 Å². The van der Waals surface area contributed by atoms with Crippen LogP contribution in [0.4, 0.5) is 0 Å². The lowest BCUT2D eigenvalue weighted by Crippen LogP contribution is -2.28. The molecule has 1 fully saturated rings. The molecule has 1 aromatic carbocycles. The third kappa shape index (κ3) is 7.75. The first-order chi connectivity index (χ1) is 15.6. The zero-order valence-corrected chi connectivity index (χ0v) is 20.7. The first kappa shape index (κ1) is 26.1. The highest BCUT2D eigenvalue weighted by Crippen LogP contribution is 2.41. The van der Waals surface area contributed by atoms with Gasteiger partial charge in [0.1, 0.15) is 0 Å². The quantitative estimate of drug-likeness (QED) is 0.333. The van der Waals surface area contributed by atoms with Gasteiger partial charge in [0.15, 0.2) is 0 Å². The summed E-state index contributed by atoms with van der Waals surface area (Å²) in [6, 6.07) is 10.1. The Morgan fingerprint density at radius 2 is 1.76 bits per heavy atom. The van der Waals surface area contributed by atoms with Crippen LogP contribution in [0.25, 0.3) is 10.1 Å². The Morgan fingerprint density at radius 1 is 1.09 bits per heavy atom. The average Bonchev–Trinajstić information content (AvgIpc) is 3.28. The molecule has 33 heavy (non-hydrogen) atoms. The second kappa shape index (κ2) is 11.8. The molecule has 184 valence electrons. The largest absolute Gasteiger partial charge is 0.393 e. The van der Waals surface area contributed by atoms with E-state index in [1.807, 2.05) is 35.1 Å². The lowest BCUT2D eigenvalue weighted by Gasteiger charge is -2.24. The number of thiophene rings is 1. The van der Waals surface area contributed by atoms with Gasteiger partial charge in [-0.05, 0) is 61.5 Å². The van der Waals surface area contributed by atoms with Crippen molar-refractivity contribution in [2.75, 3.05) is 6.26 Å². The summed E-state index contributed by atoms with van der Waals surface area (Å²) in [6.07, 6.45) is 5.01. The van der Waals surface area contributed by atoms with Gasteiger partial charge in [-0.3, -0.25) is 9.52 Å². The number of carbonyl (C=O) groups excluding carboxylic acids is 1. The molecular weight excluding hydrogens is 462 g/mol. The number of aliphatic hydroxyl groups is 3. The number of hydrogen-bond acceptors (Lipinski definition) is 7. The number of benzene rings is 1. The van der Waals surface area contributed by atoms with Crippen LogP contribution in [-0.4, -0.2) is 48.1 Å². The minimum absolute atomic E-state index is 0.00291. The van der Waals surface area contributed by atoms with Crippen molar-refractivity contribution in [2.45, 2.75) is 76.1 Å². The van der Waals surface area contributed by atoms with E-state index in [-0.39, 0.29) is 18.3 Å². The van der Waals surface area contributed by atoms with E-state index in [1.54, 1.807) is 11.3 Å².